The number of halogens is 1. The van der Waals surface area contributed by atoms with Crippen LogP contribution < -0.4 is 5.32 Å². The van der Waals surface area contributed by atoms with Gasteiger partial charge in [0, 0.05) is 22.7 Å². The highest BCUT2D eigenvalue weighted by molar-refractivity contribution is 7.08. The van der Waals surface area contributed by atoms with Gasteiger partial charge in [-0.3, -0.25) is 4.79 Å². The third-order valence-corrected chi connectivity index (χ3v) is 4.90. The molecule has 0 saturated carbocycles. The smallest absolute Gasteiger partial charge is 0.256 e. The number of fused-ring (bicyclic) bond motifs is 1. The average Bonchev–Trinajstić information content (AvgIpc) is 3.32. The Labute approximate surface area is 159 Å². The van der Waals surface area contributed by atoms with Crippen molar-refractivity contribution in [1.29, 1.82) is 0 Å². The molecule has 4 rings (SSSR count). The van der Waals surface area contributed by atoms with E-state index in [-0.39, 0.29) is 17.8 Å². The van der Waals surface area contributed by atoms with Gasteiger partial charge >= 0.3 is 0 Å². The van der Waals surface area contributed by atoms with Gasteiger partial charge in [-0.15, -0.1) is 0 Å². The van der Waals surface area contributed by atoms with Crippen molar-refractivity contribution in [3.8, 4) is 11.3 Å². The Morgan fingerprint density at radius 1 is 1.22 bits per heavy atom. The molecular weight excluding hydrogens is 363 g/mol. The van der Waals surface area contributed by atoms with E-state index in [9.17, 15) is 9.18 Å². The summed E-state index contributed by atoms with van der Waals surface area (Å²) < 4.78 is 14.9. The number of anilines is 1. The number of thiophene rings is 1. The summed E-state index contributed by atoms with van der Waals surface area (Å²) in [6.07, 6.45) is 1.67. The van der Waals surface area contributed by atoms with Crippen LogP contribution in [0.5, 0.6) is 0 Å². The number of nitrogens with one attached hydrogen (secondary N) is 1. The number of rotatable bonds is 4. The van der Waals surface area contributed by atoms with Gasteiger partial charge in [-0.1, -0.05) is 0 Å². The summed E-state index contributed by atoms with van der Waals surface area (Å²) in [6.45, 7) is 4.04. The molecule has 0 saturated heterocycles. The zero-order valence-corrected chi connectivity index (χ0v) is 15.6. The molecule has 0 spiro atoms. The number of amides is 1. The summed E-state index contributed by atoms with van der Waals surface area (Å²) in [4.78, 5) is 17.7. The Hall–Kier alpha value is -3.06. The monoisotopic (exact) mass is 380 g/mol. The minimum atomic E-state index is -0.350. The number of nitrogens with zero attached hydrogens (tertiary/aromatic N) is 3. The molecule has 3 heterocycles. The van der Waals surface area contributed by atoms with Crippen LogP contribution in [-0.4, -0.2) is 20.7 Å². The van der Waals surface area contributed by atoms with Crippen LogP contribution in [-0.2, 0) is 0 Å². The molecule has 0 aliphatic carbocycles. The maximum Gasteiger partial charge on any atom is 0.256 e. The lowest BCUT2D eigenvalue weighted by Gasteiger charge is -2.10. The van der Waals surface area contributed by atoms with E-state index < -0.39 is 0 Å². The highest BCUT2D eigenvalue weighted by atomic mass is 32.1. The van der Waals surface area contributed by atoms with Gasteiger partial charge < -0.3 is 5.32 Å². The summed E-state index contributed by atoms with van der Waals surface area (Å²) in [6, 6.07) is 9.54. The normalized spacial score (nSPS) is 11.3. The summed E-state index contributed by atoms with van der Waals surface area (Å²) in [5.74, 6) is -0.633. The zero-order valence-electron chi connectivity index (χ0n) is 14.8. The maximum absolute atomic E-state index is 13.1. The summed E-state index contributed by atoms with van der Waals surface area (Å²) in [7, 11) is 0. The first kappa shape index (κ1) is 17.4. The van der Waals surface area contributed by atoms with Crippen molar-refractivity contribution in [2.24, 2.45) is 0 Å². The fourth-order valence-electron chi connectivity index (χ4n) is 2.87. The van der Waals surface area contributed by atoms with Crippen molar-refractivity contribution in [2.75, 3.05) is 5.32 Å². The molecule has 136 valence electrons. The molecule has 1 aromatic carbocycles. The van der Waals surface area contributed by atoms with E-state index in [2.05, 4.69) is 10.4 Å². The predicted octanol–water partition coefficient (Wildman–Crippen LogP) is 5.13. The Morgan fingerprint density at radius 3 is 2.67 bits per heavy atom. The van der Waals surface area contributed by atoms with Crippen molar-refractivity contribution in [1.82, 2.24) is 14.8 Å². The molecule has 0 aliphatic heterocycles. The van der Waals surface area contributed by atoms with E-state index in [4.69, 9.17) is 4.98 Å². The highest BCUT2D eigenvalue weighted by Crippen LogP contribution is 2.28. The van der Waals surface area contributed by atoms with Crippen LogP contribution in [0, 0.1) is 5.82 Å². The van der Waals surface area contributed by atoms with Crippen LogP contribution in [0.2, 0.25) is 0 Å². The van der Waals surface area contributed by atoms with Crippen molar-refractivity contribution >= 4 is 34.0 Å². The zero-order chi connectivity index (χ0) is 19.0. The third kappa shape index (κ3) is 3.33. The Bertz CT molecular complexity index is 1100. The van der Waals surface area contributed by atoms with Gasteiger partial charge in [-0.05, 0) is 55.6 Å². The SMILES string of the molecule is CC(C)n1ncc2c(C(=O)Nc3ccc(F)cc3)cc(-c3ccsc3)nc21. The number of hydrogen-bond acceptors (Lipinski definition) is 4. The van der Waals surface area contributed by atoms with Crippen molar-refractivity contribution < 1.29 is 9.18 Å². The number of carbonyl (C=O) groups excluding carboxylic acids is 1. The standard InChI is InChI=1S/C20H17FN4OS/c1-12(2)25-19-17(10-22-25)16(9-18(24-19)13-7-8-27-11-13)20(26)23-15-5-3-14(21)4-6-15/h3-12H,1-2H3,(H,23,26). The fraction of sp³-hybridized carbons (Fsp3) is 0.150. The molecule has 7 heteroatoms. The van der Waals surface area contributed by atoms with Gasteiger partial charge in [-0.2, -0.15) is 16.4 Å². The van der Waals surface area contributed by atoms with E-state index in [1.54, 1.807) is 28.3 Å². The van der Waals surface area contributed by atoms with Gasteiger partial charge in [0.05, 0.1) is 22.8 Å². The molecule has 0 fully saturated rings. The first-order valence-electron chi connectivity index (χ1n) is 8.50. The Kier molecular flexibility index (Phi) is 4.45. The van der Waals surface area contributed by atoms with Crippen molar-refractivity contribution in [2.45, 2.75) is 19.9 Å². The second kappa shape index (κ2) is 6.92. The fourth-order valence-corrected chi connectivity index (χ4v) is 3.52. The maximum atomic E-state index is 13.1. The topological polar surface area (TPSA) is 59.8 Å². The molecular formula is C20H17FN4OS. The van der Waals surface area contributed by atoms with Gasteiger partial charge in [0.1, 0.15) is 5.82 Å². The van der Waals surface area contributed by atoms with E-state index in [1.807, 2.05) is 30.7 Å². The molecule has 1 N–H and O–H groups in total. The summed E-state index contributed by atoms with van der Waals surface area (Å²) in [5, 5.41) is 11.9. The second-order valence-electron chi connectivity index (χ2n) is 6.45. The lowest BCUT2D eigenvalue weighted by Crippen LogP contribution is -2.13. The van der Waals surface area contributed by atoms with E-state index in [0.29, 0.717) is 22.3 Å². The number of hydrogen-bond donors (Lipinski definition) is 1. The molecule has 5 nitrogen and oxygen atoms in total. The molecule has 4 aromatic rings. The van der Waals surface area contributed by atoms with E-state index in [1.165, 1.54) is 24.3 Å². The van der Waals surface area contributed by atoms with Gasteiger partial charge in [0.2, 0.25) is 0 Å². The average molecular weight is 380 g/mol. The summed E-state index contributed by atoms with van der Waals surface area (Å²) >= 11 is 1.57. The lowest BCUT2D eigenvalue weighted by atomic mass is 10.1. The number of benzene rings is 1. The number of pyridine rings is 1. The molecule has 27 heavy (non-hydrogen) atoms. The molecule has 3 aromatic heterocycles. The molecule has 0 unspecified atom stereocenters. The summed E-state index contributed by atoms with van der Waals surface area (Å²) in [5.41, 5.74) is 3.35. The number of aromatic nitrogens is 3. The Balaban J connectivity index is 1.82. The molecule has 1 amide bonds. The van der Waals surface area contributed by atoms with Crippen LogP contribution >= 0.6 is 11.3 Å². The van der Waals surface area contributed by atoms with Crippen LogP contribution in [0.25, 0.3) is 22.3 Å². The minimum Gasteiger partial charge on any atom is -0.322 e. The predicted molar refractivity (Wildman–Crippen MR) is 106 cm³/mol. The van der Waals surface area contributed by atoms with Crippen LogP contribution in [0.1, 0.15) is 30.2 Å². The third-order valence-electron chi connectivity index (χ3n) is 4.22. The van der Waals surface area contributed by atoms with Crippen LogP contribution in [0.15, 0.2) is 53.4 Å². The van der Waals surface area contributed by atoms with Crippen LogP contribution in [0.4, 0.5) is 10.1 Å². The van der Waals surface area contributed by atoms with Crippen molar-refractivity contribution in [3.05, 3.63) is 64.7 Å². The van der Waals surface area contributed by atoms with Crippen molar-refractivity contribution in [3.63, 3.8) is 0 Å². The number of carbonyl (C=O) groups is 1. The van der Waals surface area contributed by atoms with Gasteiger partial charge in [-0.25, -0.2) is 14.1 Å². The molecule has 0 bridgehead atoms. The van der Waals surface area contributed by atoms with Gasteiger partial charge in [0.25, 0.3) is 5.91 Å². The second-order valence-corrected chi connectivity index (χ2v) is 7.23. The van der Waals surface area contributed by atoms with Crippen LogP contribution in [0.3, 0.4) is 0 Å². The first-order chi connectivity index (χ1) is 13.0. The van der Waals surface area contributed by atoms with E-state index in [0.717, 1.165) is 11.3 Å². The molecule has 0 aliphatic rings. The highest BCUT2D eigenvalue weighted by Gasteiger charge is 2.19. The quantitative estimate of drug-likeness (QED) is 0.534. The van der Waals surface area contributed by atoms with E-state index >= 15 is 0 Å². The first-order valence-corrected chi connectivity index (χ1v) is 9.45. The molecule has 0 radical (unpaired) electrons. The lowest BCUT2D eigenvalue weighted by molar-refractivity contribution is 0.102. The Morgan fingerprint density at radius 2 is 2.00 bits per heavy atom. The largest absolute Gasteiger partial charge is 0.322 e. The van der Waals surface area contributed by atoms with Gasteiger partial charge in [0.15, 0.2) is 5.65 Å². The minimum absolute atomic E-state index is 0.112. The molecule has 0 atom stereocenters.